The number of hydrogen-bond donors (Lipinski definition) is 1. The third-order valence-electron chi connectivity index (χ3n) is 2.93. The number of ether oxygens (including phenoxy) is 1. The Morgan fingerprint density at radius 1 is 1.33 bits per heavy atom. The molecular formula is C12H23NO2. The maximum atomic E-state index is 11.3. The Morgan fingerprint density at radius 3 is 2.73 bits per heavy atom. The van der Waals surface area contributed by atoms with E-state index >= 15 is 0 Å². The van der Waals surface area contributed by atoms with Crippen molar-refractivity contribution >= 4 is 5.97 Å². The number of hydrogen-bond acceptors (Lipinski definition) is 3. The van der Waals surface area contributed by atoms with Crippen molar-refractivity contribution in [3.05, 3.63) is 0 Å². The van der Waals surface area contributed by atoms with Crippen molar-refractivity contribution in [1.82, 2.24) is 5.32 Å². The minimum Gasteiger partial charge on any atom is -0.466 e. The summed E-state index contributed by atoms with van der Waals surface area (Å²) >= 11 is 0. The largest absolute Gasteiger partial charge is 0.466 e. The maximum absolute atomic E-state index is 11.3. The van der Waals surface area contributed by atoms with Crippen LogP contribution in [-0.2, 0) is 9.53 Å². The highest BCUT2D eigenvalue weighted by Crippen LogP contribution is 2.18. The Bertz CT molecular complexity index is 192. The molecule has 88 valence electrons. The van der Waals surface area contributed by atoms with Crippen LogP contribution in [0.5, 0.6) is 0 Å². The summed E-state index contributed by atoms with van der Waals surface area (Å²) in [6.45, 7) is 4.55. The van der Waals surface area contributed by atoms with Crippen LogP contribution < -0.4 is 5.32 Å². The van der Waals surface area contributed by atoms with Gasteiger partial charge in [-0.15, -0.1) is 0 Å². The monoisotopic (exact) mass is 213 g/mol. The second-order valence-corrected chi connectivity index (χ2v) is 4.29. The molecule has 0 bridgehead atoms. The molecule has 0 radical (unpaired) electrons. The Balaban J connectivity index is 2.26. The molecule has 0 saturated carbocycles. The van der Waals surface area contributed by atoms with Gasteiger partial charge < -0.3 is 10.1 Å². The summed E-state index contributed by atoms with van der Waals surface area (Å²) in [6, 6.07) is 0.956. The first-order valence-corrected chi connectivity index (χ1v) is 6.18. The SMILES string of the molecule is CCC[C@H]1CCC[C@@H](CC(=O)OCC)N1. The van der Waals surface area contributed by atoms with Gasteiger partial charge in [0.2, 0.25) is 0 Å². The van der Waals surface area contributed by atoms with E-state index in [-0.39, 0.29) is 5.97 Å². The van der Waals surface area contributed by atoms with Crippen molar-refractivity contribution in [3.63, 3.8) is 0 Å². The van der Waals surface area contributed by atoms with Gasteiger partial charge in [-0.2, -0.15) is 0 Å². The quantitative estimate of drug-likeness (QED) is 0.712. The second kappa shape index (κ2) is 6.83. The molecule has 3 heteroatoms. The van der Waals surface area contributed by atoms with Gasteiger partial charge in [-0.1, -0.05) is 19.8 Å². The van der Waals surface area contributed by atoms with Crippen molar-refractivity contribution in [2.24, 2.45) is 0 Å². The van der Waals surface area contributed by atoms with E-state index in [1.807, 2.05) is 6.92 Å². The number of nitrogens with one attached hydrogen (secondary N) is 1. The number of piperidine rings is 1. The van der Waals surface area contributed by atoms with Gasteiger partial charge in [0, 0.05) is 12.1 Å². The molecule has 1 saturated heterocycles. The molecule has 0 unspecified atom stereocenters. The highest BCUT2D eigenvalue weighted by Gasteiger charge is 2.22. The van der Waals surface area contributed by atoms with Gasteiger partial charge in [0.15, 0.2) is 0 Å². The fraction of sp³-hybridized carbons (Fsp3) is 0.917. The van der Waals surface area contributed by atoms with Gasteiger partial charge in [0.1, 0.15) is 0 Å². The Hall–Kier alpha value is -0.570. The van der Waals surface area contributed by atoms with Crippen LogP contribution in [0, 0.1) is 0 Å². The fourth-order valence-corrected chi connectivity index (χ4v) is 2.27. The highest BCUT2D eigenvalue weighted by molar-refractivity contribution is 5.70. The third kappa shape index (κ3) is 4.65. The molecular weight excluding hydrogens is 190 g/mol. The maximum Gasteiger partial charge on any atom is 0.307 e. The molecule has 15 heavy (non-hydrogen) atoms. The average molecular weight is 213 g/mol. The molecule has 0 aliphatic carbocycles. The summed E-state index contributed by atoms with van der Waals surface area (Å²) < 4.78 is 4.96. The van der Waals surface area contributed by atoms with E-state index in [1.165, 1.54) is 25.7 Å². The Kier molecular flexibility index (Phi) is 5.69. The van der Waals surface area contributed by atoms with Crippen LogP contribution in [-0.4, -0.2) is 24.7 Å². The van der Waals surface area contributed by atoms with Crippen molar-refractivity contribution < 1.29 is 9.53 Å². The lowest BCUT2D eigenvalue weighted by molar-refractivity contribution is -0.143. The van der Waals surface area contributed by atoms with Crippen LogP contribution in [0.4, 0.5) is 0 Å². The Morgan fingerprint density at radius 2 is 2.07 bits per heavy atom. The molecule has 0 aromatic rings. The number of carbonyl (C=O) groups excluding carboxylic acids is 1. The molecule has 1 aliphatic heterocycles. The van der Waals surface area contributed by atoms with Gasteiger partial charge >= 0.3 is 5.97 Å². The standard InChI is InChI=1S/C12H23NO2/c1-3-6-10-7-5-8-11(13-10)9-12(14)15-4-2/h10-11,13H,3-9H2,1-2H3/t10-,11-/m0/s1. The summed E-state index contributed by atoms with van der Waals surface area (Å²) in [4.78, 5) is 11.3. The lowest BCUT2D eigenvalue weighted by Gasteiger charge is -2.30. The summed E-state index contributed by atoms with van der Waals surface area (Å²) in [5.74, 6) is -0.0628. The molecule has 1 heterocycles. The first-order chi connectivity index (χ1) is 7.26. The van der Waals surface area contributed by atoms with Gasteiger partial charge in [0.25, 0.3) is 0 Å². The van der Waals surface area contributed by atoms with Crippen LogP contribution >= 0.6 is 0 Å². The molecule has 0 aromatic carbocycles. The molecule has 0 amide bonds. The zero-order valence-corrected chi connectivity index (χ0v) is 9.92. The van der Waals surface area contributed by atoms with Gasteiger partial charge in [-0.05, 0) is 26.2 Å². The van der Waals surface area contributed by atoms with Crippen molar-refractivity contribution in [2.45, 2.75) is 64.5 Å². The van der Waals surface area contributed by atoms with Crippen LogP contribution in [0.1, 0.15) is 52.4 Å². The highest BCUT2D eigenvalue weighted by atomic mass is 16.5. The van der Waals surface area contributed by atoms with Crippen LogP contribution in [0.3, 0.4) is 0 Å². The van der Waals surface area contributed by atoms with E-state index in [0.29, 0.717) is 25.1 Å². The van der Waals surface area contributed by atoms with Crippen LogP contribution in [0.25, 0.3) is 0 Å². The first-order valence-electron chi connectivity index (χ1n) is 6.18. The molecule has 3 nitrogen and oxygen atoms in total. The molecule has 2 atom stereocenters. The minimum atomic E-state index is -0.0628. The third-order valence-corrected chi connectivity index (χ3v) is 2.93. The molecule has 1 aliphatic rings. The fourth-order valence-electron chi connectivity index (χ4n) is 2.27. The van der Waals surface area contributed by atoms with Crippen LogP contribution in [0.15, 0.2) is 0 Å². The van der Waals surface area contributed by atoms with Crippen molar-refractivity contribution in [2.75, 3.05) is 6.61 Å². The normalized spacial score (nSPS) is 26.3. The summed E-state index contributed by atoms with van der Waals surface area (Å²) in [7, 11) is 0. The number of carbonyl (C=O) groups is 1. The molecule has 1 rings (SSSR count). The topological polar surface area (TPSA) is 38.3 Å². The van der Waals surface area contributed by atoms with Crippen LogP contribution in [0.2, 0.25) is 0 Å². The number of rotatable bonds is 5. The second-order valence-electron chi connectivity index (χ2n) is 4.29. The predicted molar refractivity (Wildman–Crippen MR) is 60.7 cm³/mol. The van der Waals surface area contributed by atoms with Crippen molar-refractivity contribution in [3.8, 4) is 0 Å². The molecule has 0 aromatic heterocycles. The summed E-state index contributed by atoms with van der Waals surface area (Å²) in [5.41, 5.74) is 0. The lowest BCUT2D eigenvalue weighted by atomic mass is 9.94. The summed E-state index contributed by atoms with van der Waals surface area (Å²) in [5, 5.41) is 3.54. The average Bonchev–Trinajstić information content (AvgIpc) is 2.19. The van der Waals surface area contributed by atoms with Gasteiger partial charge in [-0.3, -0.25) is 4.79 Å². The van der Waals surface area contributed by atoms with Crippen molar-refractivity contribution in [1.29, 1.82) is 0 Å². The Labute approximate surface area is 92.6 Å². The van der Waals surface area contributed by atoms with E-state index in [1.54, 1.807) is 0 Å². The zero-order valence-electron chi connectivity index (χ0n) is 9.92. The van der Waals surface area contributed by atoms with E-state index < -0.39 is 0 Å². The molecule has 1 fully saturated rings. The molecule has 1 N–H and O–H groups in total. The van der Waals surface area contributed by atoms with Gasteiger partial charge in [0.05, 0.1) is 13.0 Å². The van der Waals surface area contributed by atoms with E-state index in [2.05, 4.69) is 12.2 Å². The van der Waals surface area contributed by atoms with Gasteiger partial charge in [-0.25, -0.2) is 0 Å². The lowest BCUT2D eigenvalue weighted by Crippen LogP contribution is -2.43. The smallest absolute Gasteiger partial charge is 0.307 e. The number of esters is 1. The molecule has 0 spiro atoms. The van der Waals surface area contributed by atoms with E-state index in [4.69, 9.17) is 4.74 Å². The van der Waals surface area contributed by atoms with E-state index in [9.17, 15) is 4.79 Å². The zero-order chi connectivity index (χ0) is 11.1. The summed E-state index contributed by atoms with van der Waals surface area (Å²) in [6.07, 6.45) is 6.57. The minimum absolute atomic E-state index is 0.0628. The van der Waals surface area contributed by atoms with E-state index in [0.717, 1.165) is 6.42 Å². The predicted octanol–water partition coefficient (Wildman–Crippen LogP) is 2.25. The first kappa shape index (κ1) is 12.5.